The summed E-state index contributed by atoms with van der Waals surface area (Å²) in [7, 11) is 0. The van der Waals surface area contributed by atoms with Crippen LogP contribution in [0.15, 0.2) is 22.8 Å². The van der Waals surface area contributed by atoms with E-state index >= 15 is 0 Å². The zero-order valence-electron chi connectivity index (χ0n) is 9.61. The summed E-state index contributed by atoms with van der Waals surface area (Å²) in [6.07, 6.45) is 2.61. The van der Waals surface area contributed by atoms with Gasteiger partial charge in [-0.3, -0.25) is 16.3 Å². The van der Waals surface area contributed by atoms with Gasteiger partial charge in [0.25, 0.3) is 0 Å². The number of ether oxygens (including phenoxy) is 1. The number of pyridine rings is 1. The van der Waals surface area contributed by atoms with Crippen molar-refractivity contribution in [1.29, 1.82) is 0 Å². The molecule has 1 aromatic heterocycles. The van der Waals surface area contributed by atoms with Gasteiger partial charge in [0.05, 0.1) is 12.1 Å². The summed E-state index contributed by atoms with van der Waals surface area (Å²) < 4.78 is 6.49. The molecule has 0 saturated carbocycles. The summed E-state index contributed by atoms with van der Waals surface area (Å²) in [5.41, 5.74) is 3.77. The number of halogens is 1. The summed E-state index contributed by atoms with van der Waals surface area (Å²) in [5.74, 6) is 5.51. The minimum absolute atomic E-state index is 0.0699. The fourth-order valence-electron chi connectivity index (χ4n) is 1.49. The Morgan fingerprint density at radius 1 is 1.56 bits per heavy atom. The second-order valence-corrected chi connectivity index (χ2v) is 4.52. The van der Waals surface area contributed by atoms with E-state index in [-0.39, 0.29) is 12.1 Å². The third-order valence-electron chi connectivity index (χ3n) is 2.43. The molecule has 0 aliphatic carbocycles. The van der Waals surface area contributed by atoms with Crippen LogP contribution in [0, 0.1) is 0 Å². The standard InChI is InChI=1S/C11H18BrN3O/c1-3-16-8(2)11(15-13)6-10-5-4-9(12)7-14-10/h4-5,7-8,11,15H,3,6,13H2,1-2H3. The fraction of sp³-hybridized carbons (Fsp3) is 0.545. The van der Waals surface area contributed by atoms with E-state index in [2.05, 4.69) is 26.3 Å². The van der Waals surface area contributed by atoms with Crippen molar-refractivity contribution >= 4 is 15.9 Å². The lowest BCUT2D eigenvalue weighted by atomic mass is 10.1. The lowest BCUT2D eigenvalue weighted by Crippen LogP contribution is -2.45. The molecule has 4 nitrogen and oxygen atoms in total. The van der Waals surface area contributed by atoms with Gasteiger partial charge in [-0.1, -0.05) is 0 Å². The van der Waals surface area contributed by atoms with E-state index in [1.807, 2.05) is 26.0 Å². The molecule has 0 saturated heterocycles. The van der Waals surface area contributed by atoms with Gasteiger partial charge in [-0.05, 0) is 41.9 Å². The first-order chi connectivity index (χ1) is 7.67. The molecule has 0 aliphatic heterocycles. The highest BCUT2D eigenvalue weighted by molar-refractivity contribution is 9.10. The average molecular weight is 288 g/mol. The molecular weight excluding hydrogens is 270 g/mol. The van der Waals surface area contributed by atoms with E-state index in [0.29, 0.717) is 6.61 Å². The molecule has 2 unspecified atom stereocenters. The molecule has 0 aliphatic rings. The number of rotatable bonds is 6. The molecule has 3 N–H and O–H groups in total. The van der Waals surface area contributed by atoms with Crippen molar-refractivity contribution in [1.82, 2.24) is 10.4 Å². The Labute approximate surface area is 105 Å². The monoisotopic (exact) mass is 287 g/mol. The van der Waals surface area contributed by atoms with Gasteiger partial charge in [-0.15, -0.1) is 0 Å². The molecule has 1 rings (SSSR count). The van der Waals surface area contributed by atoms with Crippen molar-refractivity contribution in [2.45, 2.75) is 32.4 Å². The molecule has 0 spiro atoms. The van der Waals surface area contributed by atoms with Crippen LogP contribution in [-0.4, -0.2) is 23.7 Å². The van der Waals surface area contributed by atoms with E-state index < -0.39 is 0 Å². The van der Waals surface area contributed by atoms with Crippen LogP contribution in [0.2, 0.25) is 0 Å². The molecule has 16 heavy (non-hydrogen) atoms. The average Bonchev–Trinajstić information content (AvgIpc) is 2.28. The smallest absolute Gasteiger partial charge is 0.0717 e. The lowest BCUT2D eigenvalue weighted by molar-refractivity contribution is 0.0474. The highest BCUT2D eigenvalue weighted by atomic mass is 79.9. The van der Waals surface area contributed by atoms with E-state index in [9.17, 15) is 0 Å². The van der Waals surface area contributed by atoms with Crippen molar-refractivity contribution in [2.24, 2.45) is 5.84 Å². The number of nitrogens with zero attached hydrogens (tertiary/aromatic N) is 1. The van der Waals surface area contributed by atoms with Gasteiger partial charge in [0, 0.05) is 29.4 Å². The summed E-state index contributed by atoms with van der Waals surface area (Å²) >= 11 is 3.36. The molecule has 1 heterocycles. The number of hydrogen-bond acceptors (Lipinski definition) is 4. The maximum atomic E-state index is 5.51. The third-order valence-corrected chi connectivity index (χ3v) is 2.90. The Morgan fingerprint density at radius 2 is 2.31 bits per heavy atom. The van der Waals surface area contributed by atoms with Gasteiger partial charge >= 0.3 is 0 Å². The molecule has 5 heteroatoms. The Hall–Kier alpha value is -0.490. The Balaban J connectivity index is 2.59. The predicted molar refractivity (Wildman–Crippen MR) is 67.8 cm³/mol. The number of nitrogens with two attached hydrogens (primary N) is 1. The molecule has 0 bridgehead atoms. The van der Waals surface area contributed by atoms with E-state index in [0.717, 1.165) is 16.6 Å². The molecule has 90 valence electrons. The van der Waals surface area contributed by atoms with Gasteiger partial charge in [0.2, 0.25) is 0 Å². The second kappa shape index (κ2) is 6.96. The van der Waals surface area contributed by atoms with Crippen LogP contribution in [-0.2, 0) is 11.2 Å². The summed E-state index contributed by atoms with van der Waals surface area (Å²) in [6, 6.07) is 4.03. The van der Waals surface area contributed by atoms with Gasteiger partial charge < -0.3 is 4.74 Å². The van der Waals surface area contributed by atoms with E-state index in [1.165, 1.54) is 0 Å². The first-order valence-corrected chi connectivity index (χ1v) is 6.14. The molecular formula is C11H18BrN3O. The quantitative estimate of drug-likeness (QED) is 0.617. The van der Waals surface area contributed by atoms with Crippen LogP contribution in [0.4, 0.5) is 0 Å². The second-order valence-electron chi connectivity index (χ2n) is 3.61. The van der Waals surface area contributed by atoms with Crippen LogP contribution >= 0.6 is 15.9 Å². The molecule has 2 atom stereocenters. The topological polar surface area (TPSA) is 60.2 Å². The Bertz CT molecular complexity index is 305. The number of aromatic nitrogens is 1. The molecule has 0 amide bonds. The van der Waals surface area contributed by atoms with Crippen molar-refractivity contribution in [3.8, 4) is 0 Å². The SMILES string of the molecule is CCOC(C)C(Cc1ccc(Br)cn1)NN. The number of hydrazine groups is 1. The van der Waals surface area contributed by atoms with Gasteiger partial charge in [0.15, 0.2) is 0 Å². The molecule has 1 aromatic rings. The largest absolute Gasteiger partial charge is 0.377 e. The first kappa shape index (κ1) is 13.6. The number of hydrogen-bond donors (Lipinski definition) is 2. The molecule has 0 radical (unpaired) electrons. The molecule has 0 fully saturated rings. The van der Waals surface area contributed by atoms with Crippen molar-refractivity contribution in [3.05, 3.63) is 28.5 Å². The van der Waals surface area contributed by atoms with Crippen LogP contribution in [0.3, 0.4) is 0 Å². The lowest BCUT2D eigenvalue weighted by Gasteiger charge is -2.22. The Kier molecular flexibility index (Phi) is 5.90. The van der Waals surface area contributed by atoms with Gasteiger partial charge in [-0.25, -0.2) is 0 Å². The predicted octanol–water partition coefficient (Wildman–Crippen LogP) is 1.64. The summed E-state index contributed by atoms with van der Waals surface area (Å²) in [4.78, 5) is 4.31. The zero-order valence-corrected chi connectivity index (χ0v) is 11.2. The van der Waals surface area contributed by atoms with Crippen LogP contribution < -0.4 is 11.3 Å². The Morgan fingerprint density at radius 3 is 2.81 bits per heavy atom. The minimum atomic E-state index is 0.0699. The summed E-state index contributed by atoms with van der Waals surface area (Å²) in [5, 5.41) is 0. The maximum absolute atomic E-state index is 5.51. The van der Waals surface area contributed by atoms with E-state index in [4.69, 9.17) is 10.6 Å². The van der Waals surface area contributed by atoms with Crippen LogP contribution in [0.1, 0.15) is 19.5 Å². The van der Waals surface area contributed by atoms with Gasteiger partial charge in [0.1, 0.15) is 0 Å². The number of nitrogens with one attached hydrogen (secondary N) is 1. The van der Waals surface area contributed by atoms with Gasteiger partial charge in [-0.2, -0.15) is 0 Å². The highest BCUT2D eigenvalue weighted by Gasteiger charge is 2.16. The van der Waals surface area contributed by atoms with Crippen molar-refractivity contribution in [3.63, 3.8) is 0 Å². The zero-order chi connectivity index (χ0) is 12.0. The van der Waals surface area contributed by atoms with Crippen molar-refractivity contribution in [2.75, 3.05) is 6.61 Å². The third kappa shape index (κ3) is 4.17. The van der Waals surface area contributed by atoms with E-state index in [1.54, 1.807) is 6.20 Å². The highest BCUT2D eigenvalue weighted by Crippen LogP contribution is 2.10. The van der Waals surface area contributed by atoms with Crippen LogP contribution in [0.25, 0.3) is 0 Å². The molecule has 0 aromatic carbocycles. The minimum Gasteiger partial charge on any atom is -0.377 e. The summed E-state index contributed by atoms with van der Waals surface area (Å²) in [6.45, 7) is 4.67. The van der Waals surface area contributed by atoms with Crippen molar-refractivity contribution < 1.29 is 4.74 Å². The maximum Gasteiger partial charge on any atom is 0.0717 e. The fourth-order valence-corrected chi connectivity index (χ4v) is 1.73. The first-order valence-electron chi connectivity index (χ1n) is 5.35. The van der Waals surface area contributed by atoms with Crippen LogP contribution in [0.5, 0.6) is 0 Å². The normalized spacial score (nSPS) is 14.8.